The summed E-state index contributed by atoms with van der Waals surface area (Å²) in [6.45, 7) is 5.07. The second-order valence-corrected chi connectivity index (χ2v) is 5.09. The number of rotatable bonds is 4. The van der Waals surface area contributed by atoms with E-state index < -0.39 is 0 Å². The molecular formula is C13H28IN3O. The molecule has 0 spiro atoms. The van der Waals surface area contributed by atoms with Gasteiger partial charge in [0.05, 0.1) is 11.7 Å². The van der Waals surface area contributed by atoms with E-state index in [-0.39, 0.29) is 35.7 Å². The minimum atomic E-state index is -0.000787. The highest BCUT2D eigenvalue weighted by atomic mass is 127. The number of ether oxygens (including phenoxy) is 1. The maximum Gasteiger partial charge on any atom is 0.190 e. The quantitative estimate of drug-likeness (QED) is 0.455. The third kappa shape index (κ3) is 5.73. The summed E-state index contributed by atoms with van der Waals surface area (Å²) in [4.78, 5) is 4.14. The van der Waals surface area contributed by atoms with Gasteiger partial charge in [0.1, 0.15) is 0 Å². The van der Waals surface area contributed by atoms with Crippen LogP contribution in [0.2, 0.25) is 0 Å². The second kappa shape index (κ2) is 8.96. The summed E-state index contributed by atoms with van der Waals surface area (Å²) < 4.78 is 6.17. The minimum absolute atomic E-state index is 0. The van der Waals surface area contributed by atoms with Crippen molar-refractivity contribution in [2.45, 2.75) is 57.7 Å². The number of nitrogens with one attached hydrogen (secondary N) is 2. The van der Waals surface area contributed by atoms with E-state index in [9.17, 15) is 0 Å². The Kier molecular flexibility index (Phi) is 8.94. The summed E-state index contributed by atoms with van der Waals surface area (Å²) in [5.74, 6) is 0.835. The highest BCUT2D eigenvalue weighted by molar-refractivity contribution is 14.0. The summed E-state index contributed by atoms with van der Waals surface area (Å²) in [6, 6.07) is 0. The van der Waals surface area contributed by atoms with Gasteiger partial charge in [-0.05, 0) is 26.7 Å². The maximum atomic E-state index is 6.17. The van der Waals surface area contributed by atoms with E-state index >= 15 is 0 Å². The second-order valence-electron chi connectivity index (χ2n) is 5.09. The average molecular weight is 369 g/mol. The number of aliphatic imine (C=N–C) groups is 1. The van der Waals surface area contributed by atoms with Gasteiger partial charge in [0, 0.05) is 20.6 Å². The lowest BCUT2D eigenvalue weighted by Gasteiger charge is -2.39. The summed E-state index contributed by atoms with van der Waals surface area (Å²) in [7, 11) is 3.67. The molecule has 0 aromatic rings. The van der Waals surface area contributed by atoms with Crippen LogP contribution in [0.3, 0.4) is 0 Å². The Hall–Kier alpha value is -0.0400. The van der Waals surface area contributed by atoms with Crippen LogP contribution < -0.4 is 10.6 Å². The topological polar surface area (TPSA) is 45.7 Å². The standard InChI is InChI=1S/C13H27N3O.HI/c1-11(2)17-13(8-6-5-7-9-13)10-16-12(14-3)15-4;/h11H,5-10H2,1-4H3,(H2,14,15,16);1H. The van der Waals surface area contributed by atoms with Gasteiger partial charge in [-0.15, -0.1) is 24.0 Å². The first kappa shape index (κ1) is 18.0. The molecule has 0 aromatic heterocycles. The predicted molar refractivity (Wildman–Crippen MR) is 87.9 cm³/mol. The zero-order valence-corrected chi connectivity index (χ0v) is 14.4. The molecule has 5 heteroatoms. The fraction of sp³-hybridized carbons (Fsp3) is 0.923. The molecule has 0 amide bonds. The molecule has 1 saturated carbocycles. The molecule has 0 radical (unpaired) electrons. The molecule has 1 aliphatic carbocycles. The van der Waals surface area contributed by atoms with Crippen molar-refractivity contribution < 1.29 is 4.74 Å². The highest BCUT2D eigenvalue weighted by Crippen LogP contribution is 2.32. The molecule has 0 aromatic carbocycles. The Morgan fingerprint density at radius 1 is 1.28 bits per heavy atom. The normalized spacial score (nSPS) is 19.3. The molecule has 0 aliphatic heterocycles. The lowest BCUT2D eigenvalue weighted by molar-refractivity contribution is -0.0969. The smallest absolute Gasteiger partial charge is 0.190 e. The van der Waals surface area contributed by atoms with Crippen LogP contribution in [0.5, 0.6) is 0 Å². The molecule has 2 N–H and O–H groups in total. The van der Waals surface area contributed by atoms with E-state index in [0.717, 1.165) is 25.3 Å². The molecule has 0 heterocycles. The molecule has 1 fully saturated rings. The first-order chi connectivity index (χ1) is 8.12. The summed E-state index contributed by atoms with van der Waals surface area (Å²) in [6.07, 6.45) is 6.47. The van der Waals surface area contributed by atoms with Crippen LogP contribution in [0.15, 0.2) is 4.99 Å². The van der Waals surface area contributed by atoms with Gasteiger partial charge in [0.15, 0.2) is 5.96 Å². The van der Waals surface area contributed by atoms with Crippen molar-refractivity contribution in [3.8, 4) is 0 Å². The van der Waals surface area contributed by atoms with Crippen molar-refractivity contribution in [2.24, 2.45) is 4.99 Å². The monoisotopic (exact) mass is 369 g/mol. The lowest BCUT2D eigenvalue weighted by Crippen LogP contribution is -2.49. The number of guanidine groups is 1. The molecule has 0 bridgehead atoms. The molecular weight excluding hydrogens is 341 g/mol. The van der Waals surface area contributed by atoms with Crippen molar-refractivity contribution in [3.05, 3.63) is 0 Å². The predicted octanol–water partition coefficient (Wildman–Crippen LogP) is 2.53. The third-order valence-corrected chi connectivity index (χ3v) is 3.29. The first-order valence-corrected chi connectivity index (χ1v) is 6.68. The largest absolute Gasteiger partial charge is 0.371 e. The van der Waals surface area contributed by atoms with Gasteiger partial charge in [-0.3, -0.25) is 4.99 Å². The van der Waals surface area contributed by atoms with Crippen molar-refractivity contribution in [1.29, 1.82) is 0 Å². The van der Waals surface area contributed by atoms with E-state index in [2.05, 4.69) is 29.5 Å². The van der Waals surface area contributed by atoms with Gasteiger partial charge >= 0.3 is 0 Å². The highest BCUT2D eigenvalue weighted by Gasteiger charge is 2.33. The zero-order valence-electron chi connectivity index (χ0n) is 12.1. The van der Waals surface area contributed by atoms with E-state index in [1.165, 1.54) is 19.3 Å². The van der Waals surface area contributed by atoms with Crippen LogP contribution in [0.1, 0.15) is 46.0 Å². The van der Waals surface area contributed by atoms with Gasteiger partial charge < -0.3 is 15.4 Å². The Balaban J connectivity index is 0.00000289. The van der Waals surface area contributed by atoms with E-state index in [1.807, 2.05) is 7.05 Å². The van der Waals surface area contributed by atoms with Crippen molar-refractivity contribution in [3.63, 3.8) is 0 Å². The van der Waals surface area contributed by atoms with Crippen LogP contribution in [0, 0.1) is 0 Å². The SMILES string of the molecule is CN=C(NC)NCC1(OC(C)C)CCCCC1.I. The Bertz CT molecular complexity index is 251. The van der Waals surface area contributed by atoms with Gasteiger partial charge in [-0.2, -0.15) is 0 Å². The van der Waals surface area contributed by atoms with Crippen LogP contribution in [0.4, 0.5) is 0 Å². The molecule has 108 valence electrons. The van der Waals surface area contributed by atoms with Crippen molar-refractivity contribution in [2.75, 3.05) is 20.6 Å². The summed E-state index contributed by atoms with van der Waals surface area (Å²) >= 11 is 0. The maximum absolute atomic E-state index is 6.17. The summed E-state index contributed by atoms with van der Waals surface area (Å²) in [5, 5.41) is 6.39. The fourth-order valence-electron chi connectivity index (χ4n) is 2.56. The van der Waals surface area contributed by atoms with Gasteiger partial charge in [0.25, 0.3) is 0 Å². The molecule has 0 atom stereocenters. The lowest BCUT2D eigenvalue weighted by atomic mass is 9.84. The Labute approximate surface area is 128 Å². The number of hydrogen-bond acceptors (Lipinski definition) is 2. The number of nitrogens with zero attached hydrogens (tertiary/aromatic N) is 1. The molecule has 4 nitrogen and oxygen atoms in total. The van der Waals surface area contributed by atoms with E-state index in [1.54, 1.807) is 7.05 Å². The molecule has 18 heavy (non-hydrogen) atoms. The molecule has 0 saturated heterocycles. The third-order valence-electron chi connectivity index (χ3n) is 3.29. The Morgan fingerprint density at radius 2 is 1.89 bits per heavy atom. The first-order valence-electron chi connectivity index (χ1n) is 6.68. The minimum Gasteiger partial charge on any atom is -0.371 e. The van der Waals surface area contributed by atoms with Crippen molar-refractivity contribution in [1.82, 2.24) is 10.6 Å². The average Bonchev–Trinajstić information content (AvgIpc) is 2.30. The van der Waals surface area contributed by atoms with Crippen LogP contribution in [-0.4, -0.2) is 38.3 Å². The molecule has 1 rings (SSSR count). The molecule has 1 aliphatic rings. The van der Waals surface area contributed by atoms with E-state index in [4.69, 9.17) is 4.74 Å². The summed E-state index contributed by atoms with van der Waals surface area (Å²) in [5.41, 5.74) is -0.000787. The van der Waals surface area contributed by atoms with E-state index in [0.29, 0.717) is 0 Å². The zero-order chi connectivity index (χ0) is 12.7. The van der Waals surface area contributed by atoms with Crippen LogP contribution in [-0.2, 0) is 4.74 Å². The van der Waals surface area contributed by atoms with Gasteiger partial charge in [-0.25, -0.2) is 0 Å². The molecule has 0 unspecified atom stereocenters. The van der Waals surface area contributed by atoms with Crippen molar-refractivity contribution >= 4 is 29.9 Å². The van der Waals surface area contributed by atoms with Gasteiger partial charge in [0.2, 0.25) is 0 Å². The van der Waals surface area contributed by atoms with Gasteiger partial charge in [-0.1, -0.05) is 19.3 Å². The Morgan fingerprint density at radius 3 is 2.33 bits per heavy atom. The van der Waals surface area contributed by atoms with Crippen LogP contribution in [0.25, 0.3) is 0 Å². The van der Waals surface area contributed by atoms with Crippen LogP contribution >= 0.6 is 24.0 Å². The number of hydrogen-bond donors (Lipinski definition) is 2. The fourth-order valence-corrected chi connectivity index (χ4v) is 2.56. The number of halogens is 1.